The summed E-state index contributed by atoms with van der Waals surface area (Å²) in [5, 5.41) is 0. The fraction of sp³-hybridized carbons (Fsp3) is 0.746. The molecule has 0 N–H and O–H groups in total. The first kappa shape index (κ1) is 91.4. The van der Waals surface area contributed by atoms with Gasteiger partial charge in [-0.1, -0.05) is 67.9 Å². The van der Waals surface area contributed by atoms with Crippen LogP contribution in [0.25, 0.3) is 0 Å². The molecule has 0 aromatic heterocycles. The van der Waals surface area contributed by atoms with Crippen molar-refractivity contribution in [2.24, 2.45) is 17.8 Å². The molecular weight excluding hydrogens is 1420 g/mol. The number of hydrogen-bond donors (Lipinski definition) is 0. The van der Waals surface area contributed by atoms with Crippen LogP contribution >= 0.6 is 0 Å². The van der Waals surface area contributed by atoms with Crippen LogP contribution in [-0.2, 0) is 95.1 Å². The van der Waals surface area contributed by atoms with Gasteiger partial charge in [-0.3, -0.25) is 9.59 Å². The number of carbonyl (C=O) groups is 7. The van der Waals surface area contributed by atoms with Crippen molar-refractivity contribution in [1.29, 1.82) is 0 Å². The minimum Gasteiger partial charge on any atom is -0.447 e. The maximum atomic E-state index is 14.9. The van der Waals surface area contributed by atoms with E-state index < -0.39 is 198 Å². The highest BCUT2D eigenvalue weighted by Gasteiger charge is 2.89. The van der Waals surface area contributed by atoms with Crippen LogP contribution < -0.4 is 0 Å². The van der Waals surface area contributed by atoms with Crippen LogP contribution in [0.1, 0.15) is 124 Å². The smallest absolute Gasteiger partial charge is 0.447 e. The molecule has 21 nitrogen and oxygen atoms in total. The van der Waals surface area contributed by atoms with E-state index in [1.807, 2.05) is 0 Å². The third-order valence-electron chi connectivity index (χ3n) is 13.9. The van der Waals surface area contributed by atoms with Crippen LogP contribution in [0, 0.1) is 17.8 Å². The lowest BCUT2D eigenvalue weighted by atomic mass is 9.93. The van der Waals surface area contributed by atoms with E-state index in [2.05, 4.69) is 87.9 Å². The first-order valence-electron chi connectivity index (χ1n) is 28.7. The molecule has 4 saturated heterocycles. The molecule has 0 aromatic rings. The quantitative estimate of drug-likeness (QED) is 0.0407. The van der Waals surface area contributed by atoms with Gasteiger partial charge in [-0.15, -0.1) is 0 Å². The minimum absolute atomic E-state index is 0.251. The summed E-state index contributed by atoms with van der Waals surface area (Å²) < 4.78 is 340. The van der Waals surface area contributed by atoms with Crippen molar-refractivity contribution >= 4 is 42.0 Å². The number of rotatable bonds is 18. The highest BCUT2D eigenvalue weighted by Crippen LogP contribution is 2.61. The molecule has 4 aliphatic heterocycles. The van der Waals surface area contributed by atoms with Gasteiger partial charge in [-0.2, -0.15) is 87.8 Å². The maximum Gasteiger partial charge on any atom is 0.511 e. The Hall–Kier alpha value is -6.59. The lowest BCUT2D eigenvalue weighted by molar-refractivity contribution is -0.451. The minimum atomic E-state index is -5.86. The van der Waals surface area contributed by atoms with E-state index in [4.69, 9.17) is 4.74 Å². The zero-order valence-electron chi connectivity index (χ0n) is 56.8. The summed E-state index contributed by atoms with van der Waals surface area (Å²) in [6.07, 6.45) is -27.2. The Labute approximate surface area is 558 Å². The maximum absolute atomic E-state index is 14.9. The zero-order chi connectivity index (χ0) is 79.6. The van der Waals surface area contributed by atoms with Gasteiger partial charge < -0.3 is 66.3 Å². The van der Waals surface area contributed by atoms with Crippen LogP contribution in [0.4, 0.5) is 92.6 Å². The molecule has 0 bridgehead atoms. The molecule has 0 aliphatic carbocycles. The number of halogens is 20. The van der Waals surface area contributed by atoms with Gasteiger partial charge in [0.05, 0.1) is 32.3 Å². The Balaban J connectivity index is 0.000000667. The fourth-order valence-electron chi connectivity index (χ4n) is 8.09. The summed E-state index contributed by atoms with van der Waals surface area (Å²) in [6.45, 7) is 26.3. The number of esters is 6. The largest absolute Gasteiger partial charge is 0.511 e. The standard InChI is InChI=1S/C15H19F5O6.C15H21F5O5.C15H19F5O5.C14H17F5O5/c1-8(2)9(21)24-12(6)7-23-14(13(12,16)17,15(18,19)20)26-10(22)25-11(3,4)5;1-8(2)10(21)24-12(5)7-23-14(13(12,16)17,15(18,19)20)25-11(22-6)9(3)4;1-8(2)6-10(21)24-14(15(18,19)20)13(16,17)12(5,7-23-14)25-11(22)9(3)4;1-7(2)9(20)23-11(5)6-22-13(12(11,15)16,14(17,18)19)24-10(21)8(3)4/h1,7H2,2-6H3;9,11H,1,7H2,2-6H3;8H,3,6-7H2,1-2,4-5H3;8H,1,6H2,2-5H3. The number of alkyl halides is 20. The normalized spacial score (nSPS) is 29.2. The van der Waals surface area contributed by atoms with E-state index in [-0.39, 0.29) is 22.3 Å². The molecular formula is C59H76F20O21. The fourth-order valence-corrected chi connectivity index (χ4v) is 8.09. The van der Waals surface area contributed by atoms with E-state index in [1.54, 1.807) is 0 Å². The van der Waals surface area contributed by atoms with Crippen molar-refractivity contribution in [3.8, 4) is 0 Å². The second-order valence-electron chi connectivity index (χ2n) is 25.7. The topological polar surface area (TPSA) is 249 Å². The summed E-state index contributed by atoms with van der Waals surface area (Å²) in [5.41, 5.74) is -14.5. The molecule has 0 saturated carbocycles. The predicted molar refractivity (Wildman–Crippen MR) is 297 cm³/mol. The lowest BCUT2D eigenvalue weighted by Gasteiger charge is -2.40. The second kappa shape index (κ2) is 30.4. The first-order chi connectivity index (χ1) is 44.2. The lowest BCUT2D eigenvalue weighted by Crippen LogP contribution is -2.66. The van der Waals surface area contributed by atoms with E-state index in [0.717, 1.165) is 27.9 Å². The molecule has 100 heavy (non-hydrogen) atoms. The highest BCUT2D eigenvalue weighted by atomic mass is 19.4. The van der Waals surface area contributed by atoms with Gasteiger partial charge >= 0.3 is 114 Å². The Bertz CT molecular complexity index is 3060. The predicted octanol–water partition coefficient (Wildman–Crippen LogP) is 13.5. The van der Waals surface area contributed by atoms with E-state index in [9.17, 15) is 121 Å². The summed E-state index contributed by atoms with van der Waals surface area (Å²) in [4.78, 5) is 80.9. The monoisotopic (exact) mass is 1500 g/mol. The Morgan fingerprint density at radius 1 is 0.420 bits per heavy atom. The van der Waals surface area contributed by atoms with Crippen molar-refractivity contribution in [1.82, 2.24) is 0 Å². The number of carbonyl (C=O) groups excluding carboxylic acids is 7. The molecule has 0 radical (unpaired) electrons. The SMILES string of the molecule is C=C(C)C(=O)OC1(C)COC(OC(=O)C(C)C)(C(F)(F)F)C1(F)F.C=C(C)C(=O)OC1(C)COC(OC(=O)CC(C)C)(C(F)(F)F)C1(F)F.C=C(C)C(=O)OC1(C)COC(OC(=O)OC(C)(C)C)(C(F)(F)F)C1(F)F.C=C(C)C(=O)OC1(C)COC(OC(OC)C(C)C)(C(F)(F)F)C1(F)F. The third-order valence-corrected chi connectivity index (χ3v) is 13.9. The molecule has 4 heterocycles. The van der Waals surface area contributed by atoms with E-state index >= 15 is 0 Å². The molecule has 578 valence electrons. The van der Waals surface area contributed by atoms with Gasteiger partial charge in [0.1, 0.15) is 5.60 Å². The van der Waals surface area contributed by atoms with Crippen molar-refractivity contribution < 1.29 is 188 Å². The molecule has 0 aromatic carbocycles. The summed E-state index contributed by atoms with van der Waals surface area (Å²) >= 11 is 0. The van der Waals surface area contributed by atoms with Crippen LogP contribution in [0.15, 0.2) is 48.6 Å². The van der Waals surface area contributed by atoms with Gasteiger partial charge in [0.2, 0.25) is 22.4 Å². The number of hydrogen-bond acceptors (Lipinski definition) is 21. The van der Waals surface area contributed by atoms with Crippen LogP contribution in [0.2, 0.25) is 0 Å². The Morgan fingerprint density at radius 3 is 0.890 bits per heavy atom. The number of ether oxygens (including phenoxy) is 14. The van der Waals surface area contributed by atoms with Gasteiger partial charge in [-0.05, 0) is 82.1 Å². The van der Waals surface area contributed by atoms with Crippen LogP contribution in [-0.4, -0.2) is 181 Å². The van der Waals surface area contributed by atoms with Gasteiger partial charge in [0, 0.05) is 41.7 Å². The molecule has 0 amide bonds. The van der Waals surface area contributed by atoms with Crippen LogP contribution in [0.5, 0.6) is 0 Å². The number of methoxy groups -OCH3 is 1. The summed E-state index contributed by atoms with van der Waals surface area (Å²) in [6, 6.07) is 0. The molecule has 0 spiro atoms. The van der Waals surface area contributed by atoms with Gasteiger partial charge in [0.25, 0.3) is 0 Å². The first-order valence-corrected chi connectivity index (χ1v) is 28.7. The second-order valence-corrected chi connectivity index (χ2v) is 25.7. The summed E-state index contributed by atoms with van der Waals surface area (Å²) in [7, 11) is 1.02. The van der Waals surface area contributed by atoms with Crippen molar-refractivity contribution in [2.45, 2.75) is 230 Å². The molecule has 9 unspecified atom stereocenters. The van der Waals surface area contributed by atoms with Crippen molar-refractivity contribution in [2.75, 3.05) is 33.5 Å². The average Bonchev–Trinajstić information content (AvgIpc) is 1.56. The molecule has 4 aliphatic rings. The Kier molecular flexibility index (Phi) is 27.8. The highest BCUT2D eigenvalue weighted by molar-refractivity contribution is 5.89. The average molecular weight is 1500 g/mol. The van der Waals surface area contributed by atoms with Crippen molar-refractivity contribution in [3.05, 3.63) is 48.6 Å². The Morgan fingerprint density at radius 2 is 0.670 bits per heavy atom. The van der Waals surface area contributed by atoms with Crippen LogP contribution in [0.3, 0.4) is 0 Å². The van der Waals surface area contributed by atoms with E-state index in [0.29, 0.717) is 27.7 Å². The van der Waals surface area contributed by atoms with Crippen molar-refractivity contribution in [3.63, 3.8) is 0 Å². The molecule has 4 rings (SSSR count). The van der Waals surface area contributed by atoms with Gasteiger partial charge in [-0.25, -0.2) is 24.0 Å². The molecule has 9 atom stereocenters. The molecule has 4 fully saturated rings. The zero-order valence-corrected chi connectivity index (χ0v) is 56.8. The van der Waals surface area contributed by atoms with E-state index in [1.165, 1.54) is 69.2 Å². The van der Waals surface area contributed by atoms with Gasteiger partial charge in [0.15, 0.2) is 6.29 Å². The summed E-state index contributed by atoms with van der Waals surface area (Å²) in [5.74, 6) is -48.2. The third kappa shape index (κ3) is 17.9. The molecule has 41 heteroatoms.